The van der Waals surface area contributed by atoms with E-state index >= 15 is 0 Å². The van der Waals surface area contributed by atoms with Gasteiger partial charge in [-0.25, -0.2) is 0 Å². The van der Waals surface area contributed by atoms with Crippen molar-refractivity contribution in [1.29, 1.82) is 0 Å². The Morgan fingerprint density at radius 3 is 2.76 bits per heavy atom. The minimum absolute atomic E-state index is 0.0103. The van der Waals surface area contributed by atoms with Crippen LogP contribution >= 0.6 is 0 Å². The fraction of sp³-hybridized carbons (Fsp3) is 0.917. The number of ether oxygens (including phenoxy) is 1. The lowest BCUT2D eigenvalue weighted by atomic mass is 9.68. The van der Waals surface area contributed by atoms with Gasteiger partial charge in [-0.1, -0.05) is 6.92 Å². The Kier molecular flexibility index (Phi) is 5.01. The minimum atomic E-state index is -0.321. The van der Waals surface area contributed by atoms with Gasteiger partial charge in [0, 0.05) is 18.3 Å². The summed E-state index contributed by atoms with van der Waals surface area (Å²) in [4.78, 5) is 11.4. The molecule has 1 fully saturated rings. The Labute approximate surface area is 104 Å². The van der Waals surface area contributed by atoms with E-state index in [9.17, 15) is 4.79 Å². The molecule has 1 aliphatic heterocycles. The highest BCUT2D eigenvalue weighted by Crippen LogP contribution is 2.31. The molecule has 1 rings (SSSR count). The zero-order chi connectivity index (χ0) is 13.1. The van der Waals surface area contributed by atoms with Crippen molar-refractivity contribution >= 4 is 13.1 Å². The van der Waals surface area contributed by atoms with E-state index in [1.165, 1.54) is 0 Å². The number of hydrogen-bond donors (Lipinski definition) is 0. The van der Waals surface area contributed by atoms with Gasteiger partial charge in [0.1, 0.15) is 0 Å². The third-order valence-corrected chi connectivity index (χ3v) is 2.84. The summed E-state index contributed by atoms with van der Waals surface area (Å²) in [7, 11) is -0.321. The van der Waals surface area contributed by atoms with Crippen molar-refractivity contribution in [3.63, 3.8) is 0 Å². The van der Waals surface area contributed by atoms with Crippen LogP contribution in [0, 0.1) is 0 Å². The van der Waals surface area contributed by atoms with Gasteiger partial charge in [0.25, 0.3) is 0 Å². The summed E-state index contributed by atoms with van der Waals surface area (Å²) in [6.07, 6.45) is 1.37. The first-order valence-corrected chi connectivity index (χ1v) is 6.33. The van der Waals surface area contributed by atoms with Crippen molar-refractivity contribution in [3.8, 4) is 0 Å². The van der Waals surface area contributed by atoms with Crippen molar-refractivity contribution in [2.24, 2.45) is 0 Å². The zero-order valence-electron chi connectivity index (χ0n) is 11.5. The molecule has 0 radical (unpaired) electrons. The monoisotopic (exact) mass is 242 g/mol. The maximum Gasteiger partial charge on any atom is 0.461 e. The average Bonchev–Trinajstić information content (AvgIpc) is 2.14. The predicted octanol–water partition coefficient (Wildman–Crippen LogP) is 2.42. The topological polar surface area (TPSA) is 44.8 Å². The van der Waals surface area contributed by atoms with Crippen LogP contribution in [0.3, 0.4) is 0 Å². The molecule has 5 heteroatoms. The molecule has 0 bridgehead atoms. The van der Waals surface area contributed by atoms with E-state index in [-0.39, 0.29) is 30.6 Å². The van der Waals surface area contributed by atoms with E-state index in [4.69, 9.17) is 14.0 Å². The first kappa shape index (κ1) is 14.5. The summed E-state index contributed by atoms with van der Waals surface area (Å²) in [6, 6.07) is 0. The second kappa shape index (κ2) is 5.87. The van der Waals surface area contributed by atoms with Gasteiger partial charge in [-0.2, -0.15) is 0 Å². The van der Waals surface area contributed by atoms with Gasteiger partial charge in [-0.05, 0) is 34.1 Å². The van der Waals surface area contributed by atoms with Crippen LogP contribution in [-0.4, -0.2) is 31.4 Å². The van der Waals surface area contributed by atoms with Gasteiger partial charge in [0.15, 0.2) is 0 Å². The Balaban J connectivity index is 2.51. The van der Waals surface area contributed by atoms with Crippen LogP contribution in [0.2, 0.25) is 5.82 Å². The molecular formula is C12H23BO4. The van der Waals surface area contributed by atoms with Crippen LogP contribution in [0.1, 0.15) is 47.5 Å². The molecule has 0 aromatic heterocycles. The third-order valence-electron chi connectivity index (χ3n) is 2.84. The van der Waals surface area contributed by atoms with Crippen LogP contribution in [0.5, 0.6) is 0 Å². The quantitative estimate of drug-likeness (QED) is 0.561. The van der Waals surface area contributed by atoms with E-state index in [0.29, 0.717) is 13.0 Å². The molecule has 0 saturated carbocycles. The van der Waals surface area contributed by atoms with Crippen molar-refractivity contribution in [2.75, 3.05) is 6.61 Å². The number of carbonyl (C=O) groups is 1. The van der Waals surface area contributed by atoms with E-state index < -0.39 is 0 Å². The SMILES string of the molecule is CCOC(=O)CC(C)B1OC(C)CC(C)(C)O1. The number of hydrogen-bond acceptors (Lipinski definition) is 4. The van der Waals surface area contributed by atoms with Crippen LogP contribution < -0.4 is 0 Å². The number of rotatable bonds is 4. The molecule has 0 aromatic rings. The van der Waals surface area contributed by atoms with Gasteiger partial charge >= 0.3 is 13.1 Å². The second-order valence-corrected chi connectivity index (χ2v) is 5.38. The fourth-order valence-electron chi connectivity index (χ4n) is 2.19. The summed E-state index contributed by atoms with van der Waals surface area (Å²) in [5.41, 5.74) is -0.189. The lowest BCUT2D eigenvalue weighted by Gasteiger charge is -2.40. The Morgan fingerprint density at radius 2 is 2.24 bits per heavy atom. The first-order chi connectivity index (χ1) is 7.84. The standard InChI is InChI=1S/C12H23BO4/c1-6-15-11(14)7-9(2)13-16-10(3)8-12(4,5)17-13/h9-10H,6-8H2,1-5H3. The zero-order valence-corrected chi connectivity index (χ0v) is 11.5. The van der Waals surface area contributed by atoms with Crippen LogP contribution in [0.25, 0.3) is 0 Å². The molecule has 0 spiro atoms. The highest BCUT2D eigenvalue weighted by atomic mass is 16.6. The Morgan fingerprint density at radius 1 is 1.59 bits per heavy atom. The van der Waals surface area contributed by atoms with Crippen molar-refractivity contribution in [2.45, 2.75) is 65.0 Å². The highest BCUT2D eigenvalue weighted by molar-refractivity contribution is 6.47. The van der Waals surface area contributed by atoms with Crippen molar-refractivity contribution < 1.29 is 18.8 Å². The van der Waals surface area contributed by atoms with Gasteiger partial charge in [-0.15, -0.1) is 0 Å². The molecule has 4 nitrogen and oxygen atoms in total. The largest absolute Gasteiger partial charge is 0.466 e. The molecular weight excluding hydrogens is 219 g/mol. The molecule has 2 unspecified atom stereocenters. The lowest BCUT2D eigenvalue weighted by molar-refractivity contribution is -0.143. The summed E-state index contributed by atoms with van der Waals surface area (Å²) < 4.78 is 16.5. The van der Waals surface area contributed by atoms with E-state index in [1.807, 2.05) is 13.8 Å². The second-order valence-electron chi connectivity index (χ2n) is 5.38. The van der Waals surface area contributed by atoms with Crippen molar-refractivity contribution in [3.05, 3.63) is 0 Å². The molecule has 0 aromatic carbocycles. The van der Waals surface area contributed by atoms with Gasteiger partial charge in [0.05, 0.1) is 12.2 Å². The summed E-state index contributed by atoms with van der Waals surface area (Å²) in [6.45, 7) is 10.3. The van der Waals surface area contributed by atoms with Crippen LogP contribution in [0.15, 0.2) is 0 Å². The summed E-state index contributed by atoms with van der Waals surface area (Å²) in [5, 5.41) is 0. The van der Waals surface area contributed by atoms with E-state index in [2.05, 4.69) is 13.8 Å². The summed E-state index contributed by atoms with van der Waals surface area (Å²) >= 11 is 0. The highest BCUT2D eigenvalue weighted by Gasteiger charge is 2.40. The first-order valence-electron chi connectivity index (χ1n) is 6.33. The van der Waals surface area contributed by atoms with Crippen LogP contribution in [0.4, 0.5) is 0 Å². The molecule has 0 N–H and O–H groups in total. The normalized spacial score (nSPS) is 25.5. The van der Waals surface area contributed by atoms with E-state index in [1.54, 1.807) is 6.92 Å². The predicted molar refractivity (Wildman–Crippen MR) is 66.8 cm³/mol. The summed E-state index contributed by atoms with van der Waals surface area (Å²) in [5.74, 6) is -0.181. The van der Waals surface area contributed by atoms with Crippen LogP contribution in [-0.2, 0) is 18.8 Å². The number of esters is 1. The average molecular weight is 242 g/mol. The lowest BCUT2D eigenvalue weighted by Crippen LogP contribution is -2.47. The molecule has 2 atom stereocenters. The maximum atomic E-state index is 11.4. The smallest absolute Gasteiger partial charge is 0.461 e. The molecule has 0 amide bonds. The molecule has 0 aliphatic carbocycles. The third kappa shape index (κ3) is 4.68. The Bertz CT molecular complexity index is 267. The Hall–Kier alpha value is -0.545. The fourth-order valence-corrected chi connectivity index (χ4v) is 2.19. The minimum Gasteiger partial charge on any atom is -0.466 e. The molecule has 1 heterocycles. The van der Waals surface area contributed by atoms with Gasteiger partial charge in [-0.3, -0.25) is 4.79 Å². The van der Waals surface area contributed by atoms with Gasteiger partial charge < -0.3 is 14.0 Å². The molecule has 1 saturated heterocycles. The van der Waals surface area contributed by atoms with Gasteiger partial charge in [0.2, 0.25) is 0 Å². The molecule has 98 valence electrons. The molecule has 1 aliphatic rings. The van der Waals surface area contributed by atoms with E-state index in [0.717, 1.165) is 6.42 Å². The molecule has 17 heavy (non-hydrogen) atoms. The maximum absolute atomic E-state index is 11.4. The van der Waals surface area contributed by atoms with Crippen molar-refractivity contribution in [1.82, 2.24) is 0 Å². The number of carbonyl (C=O) groups excluding carboxylic acids is 1.